The molecule has 0 N–H and O–H groups in total. The maximum atomic E-state index is 5.46. The molecule has 100 valence electrons. The van der Waals surface area contributed by atoms with Crippen LogP contribution in [-0.4, -0.2) is 34.9 Å². The van der Waals surface area contributed by atoms with Crippen LogP contribution in [0.25, 0.3) is 11.5 Å². The summed E-state index contributed by atoms with van der Waals surface area (Å²) in [5.74, 6) is 1.88. The average molecular weight is 261 g/mol. The van der Waals surface area contributed by atoms with Crippen LogP contribution in [0.15, 0.2) is 22.9 Å². The molecule has 0 radical (unpaired) electrons. The van der Waals surface area contributed by atoms with Crippen LogP contribution < -0.4 is 4.74 Å². The number of ether oxygens (including phenoxy) is 2. The van der Waals surface area contributed by atoms with Crippen molar-refractivity contribution >= 4 is 0 Å². The zero-order valence-electron chi connectivity index (χ0n) is 10.7. The molecule has 0 bridgehead atoms. The summed E-state index contributed by atoms with van der Waals surface area (Å²) in [6.07, 6.45) is 2.61. The van der Waals surface area contributed by atoms with Gasteiger partial charge in [-0.3, -0.25) is 0 Å². The second-order valence-corrected chi connectivity index (χ2v) is 4.31. The summed E-state index contributed by atoms with van der Waals surface area (Å²) >= 11 is 0. The van der Waals surface area contributed by atoms with E-state index in [0.717, 1.165) is 18.6 Å². The predicted octanol–water partition coefficient (Wildman–Crippen LogP) is 2.03. The first-order chi connectivity index (χ1) is 9.38. The maximum absolute atomic E-state index is 5.46. The topological polar surface area (TPSA) is 70.3 Å². The van der Waals surface area contributed by atoms with E-state index in [1.54, 1.807) is 6.20 Å². The summed E-state index contributed by atoms with van der Waals surface area (Å²) in [6, 6.07) is 3.68. The molecule has 0 spiro atoms. The summed E-state index contributed by atoms with van der Waals surface area (Å²) in [6.45, 7) is 3.87. The molecule has 0 aromatic carbocycles. The average Bonchev–Trinajstić information content (AvgIpc) is 3.11. The number of aromatic nitrogens is 3. The largest absolute Gasteiger partial charge is 0.477 e. The Hall–Kier alpha value is -1.95. The SMILES string of the molecule is CCOc1ncccc1-c1nc([C@H]2CCOC2)no1. The lowest BCUT2D eigenvalue weighted by atomic mass is 10.1. The van der Waals surface area contributed by atoms with E-state index in [4.69, 9.17) is 14.0 Å². The van der Waals surface area contributed by atoms with E-state index in [1.807, 2.05) is 19.1 Å². The van der Waals surface area contributed by atoms with Crippen LogP contribution in [0.4, 0.5) is 0 Å². The van der Waals surface area contributed by atoms with Gasteiger partial charge in [0.05, 0.1) is 13.2 Å². The molecule has 1 aliphatic rings. The first-order valence-electron chi connectivity index (χ1n) is 6.38. The fourth-order valence-electron chi connectivity index (χ4n) is 2.05. The number of pyridine rings is 1. The molecule has 3 rings (SSSR count). The third-order valence-corrected chi connectivity index (χ3v) is 3.02. The van der Waals surface area contributed by atoms with Crippen molar-refractivity contribution in [3.63, 3.8) is 0 Å². The quantitative estimate of drug-likeness (QED) is 0.838. The Morgan fingerprint density at radius 1 is 1.47 bits per heavy atom. The first kappa shape index (κ1) is 12.1. The fraction of sp³-hybridized carbons (Fsp3) is 0.462. The molecular weight excluding hydrogens is 246 g/mol. The highest BCUT2D eigenvalue weighted by Crippen LogP contribution is 2.29. The molecule has 1 fully saturated rings. The maximum Gasteiger partial charge on any atom is 0.263 e. The van der Waals surface area contributed by atoms with Crippen molar-refractivity contribution in [3.05, 3.63) is 24.2 Å². The van der Waals surface area contributed by atoms with Crippen molar-refractivity contribution < 1.29 is 14.0 Å². The van der Waals surface area contributed by atoms with E-state index in [-0.39, 0.29) is 5.92 Å². The highest BCUT2D eigenvalue weighted by Gasteiger charge is 2.24. The van der Waals surface area contributed by atoms with E-state index >= 15 is 0 Å². The van der Waals surface area contributed by atoms with Crippen LogP contribution in [0.5, 0.6) is 5.88 Å². The molecule has 19 heavy (non-hydrogen) atoms. The molecule has 6 heteroatoms. The second-order valence-electron chi connectivity index (χ2n) is 4.31. The van der Waals surface area contributed by atoms with Crippen LogP contribution in [0.1, 0.15) is 25.1 Å². The minimum absolute atomic E-state index is 0.227. The normalized spacial score (nSPS) is 18.7. The summed E-state index contributed by atoms with van der Waals surface area (Å²) in [7, 11) is 0. The van der Waals surface area contributed by atoms with Gasteiger partial charge in [0.2, 0.25) is 5.88 Å². The molecule has 0 aliphatic carbocycles. The molecule has 3 heterocycles. The van der Waals surface area contributed by atoms with Gasteiger partial charge in [0.1, 0.15) is 5.56 Å². The van der Waals surface area contributed by atoms with Crippen molar-refractivity contribution in [2.75, 3.05) is 19.8 Å². The van der Waals surface area contributed by atoms with Gasteiger partial charge in [-0.05, 0) is 25.5 Å². The van der Waals surface area contributed by atoms with Crippen molar-refractivity contribution in [2.45, 2.75) is 19.3 Å². The molecule has 2 aromatic rings. The van der Waals surface area contributed by atoms with E-state index < -0.39 is 0 Å². The van der Waals surface area contributed by atoms with Crippen LogP contribution in [0.3, 0.4) is 0 Å². The Morgan fingerprint density at radius 2 is 2.42 bits per heavy atom. The highest BCUT2D eigenvalue weighted by molar-refractivity contribution is 5.59. The van der Waals surface area contributed by atoms with Crippen molar-refractivity contribution in [1.29, 1.82) is 0 Å². The molecule has 0 amide bonds. The minimum atomic E-state index is 0.227. The molecular formula is C13H15N3O3. The third-order valence-electron chi connectivity index (χ3n) is 3.02. The zero-order chi connectivity index (χ0) is 13.1. The summed E-state index contributed by atoms with van der Waals surface area (Å²) in [5.41, 5.74) is 0.724. The lowest BCUT2D eigenvalue weighted by Crippen LogP contribution is -2.00. The summed E-state index contributed by atoms with van der Waals surface area (Å²) in [5, 5.41) is 4.03. The third kappa shape index (κ3) is 2.44. The number of hydrogen-bond acceptors (Lipinski definition) is 6. The van der Waals surface area contributed by atoms with Gasteiger partial charge in [0, 0.05) is 18.7 Å². The van der Waals surface area contributed by atoms with E-state index in [1.165, 1.54) is 0 Å². The number of hydrogen-bond donors (Lipinski definition) is 0. The van der Waals surface area contributed by atoms with Crippen LogP contribution in [-0.2, 0) is 4.74 Å². The second kappa shape index (κ2) is 5.36. The summed E-state index contributed by atoms with van der Waals surface area (Å²) in [4.78, 5) is 8.60. The number of nitrogens with zero attached hydrogens (tertiary/aromatic N) is 3. The molecule has 1 atom stereocenters. The van der Waals surface area contributed by atoms with Gasteiger partial charge < -0.3 is 14.0 Å². The monoisotopic (exact) mass is 261 g/mol. The van der Waals surface area contributed by atoms with Gasteiger partial charge in [-0.1, -0.05) is 5.16 Å². The van der Waals surface area contributed by atoms with E-state index in [2.05, 4.69) is 15.1 Å². The van der Waals surface area contributed by atoms with Gasteiger partial charge in [-0.2, -0.15) is 4.98 Å². The van der Waals surface area contributed by atoms with Gasteiger partial charge in [-0.15, -0.1) is 0 Å². The van der Waals surface area contributed by atoms with Crippen molar-refractivity contribution in [3.8, 4) is 17.3 Å². The van der Waals surface area contributed by atoms with Gasteiger partial charge in [0.15, 0.2) is 5.82 Å². The van der Waals surface area contributed by atoms with Crippen molar-refractivity contribution in [1.82, 2.24) is 15.1 Å². The Labute approximate surface area is 110 Å². The smallest absolute Gasteiger partial charge is 0.263 e. The lowest BCUT2D eigenvalue weighted by molar-refractivity contribution is 0.192. The zero-order valence-corrected chi connectivity index (χ0v) is 10.7. The van der Waals surface area contributed by atoms with Gasteiger partial charge in [0.25, 0.3) is 5.89 Å². The number of rotatable bonds is 4. The molecule has 6 nitrogen and oxygen atoms in total. The predicted molar refractivity (Wildman–Crippen MR) is 66.9 cm³/mol. The highest BCUT2D eigenvalue weighted by atomic mass is 16.5. The molecule has 1 aliphatic heterocycles. The Bertz CT molecular complexity index is 550. The molecule has 0 unspecified atom stereocenters. The lowest BCUT2D eigenvalue weighted by Gasteiger charge is -2.04. The minimum Gasteiger partial charge on any atom is -0.477 e. The van der Waals surface area contributed by atoms with Crippen LogP contribution in [0.2, 0.25) is 0 Å². The van der Waals surface area contributed by atoms with E-state index in [9.17, 15) is 0 Å². The first-order valence-corrected chi connectivity index (χ1v) is 6.38. The van der Waals surface area contributed by atoms with Gasteiger partial charge >= 0.3 is 0 Å². The van der Waals surface area contributed by atoms with Crippen LogP contribution in [0, 0.1) is 0 Å². The molecule has 1 saturated heterocycles. The van der Waals surface area contributed by atoms with Crippen molar-refractivity contribution in [2.24, 2.45) is 0 Å². The standard InChI is InChI=1S/C13H15N3O3/c1-2-18-12-10(4-3-6-14-12)13-15-11(16-19-13)9-5-7-17-8-9/h3-4,6,9H,2,5,7-8H2,1H3/t9-/m0/s1. The van der Waals surface area contributed by atoms with Gasteiger partial charge in [-0.25, -0.2) is 4.98 Å². The van der Waals surface area contributed by atoms with Crippen LogP contribution >= 0.6 is 0 Å². The Kier molecular flexibility index (Phi) is 3.41. The molecule has 0 saturated carbocycles. The van der Waals surface area contributed by atoms with E-state index in [0.29, 0.717) is 30.8 Å². The Morgan fingerprint density at radius 3 is 3.21 bits per heavy atom. The fourth-order valence-corrected chi connectivity index (χ4v) is 2.05. The molecule has 2 aromatic heterocycles. The Balaban J connectivity index is 1.89. The summed E-state index contributed by atoms with van der Waals surface area (Å²) < 4.78 is 16.1.